The number of amides is 1. The largest absolute Gasteiger partial charge is 0.438 e. The number of carbonyl (C=O) groups excluding carboxylic acids is 1. The first-order valence-electron chi connectivity index (χ1n) is 7.77. The number of nitrogens with one attached hydrogen (secondary N) is 1. The first kappa shape index (κ1) is 16.1. The van der Waals surface area contributed by atoms with Crippen molar-refractivity contribution < 1.29 is 14.6 Å². The third kappa shape index (κ3) is 2.48. The van der Waals surface area contributed by atoms with E-state index in [9.17, 15) is 9.90 Å². The molecule has 0 spiro atoms. The quantitative estimate of drug-likeness (QED) is 0.894. The minimum Gasteiger partial charge on any atom is -0.438 e. The molecule has 6 heteroatoms. The maximum atomic E-state index is 12.2. The van der Waals surface area contributed by atoms with Gasteiger partial charge in [0.25, 0.3) is 0 Å². The number of nitrogens with zero attached hydrogens (tertiary/aromatic N) is 1. The van der Waals surface area contributed by atoms with Gasteiger partial charge >= 0.3 is 6.09 Å². The van der Waals surface area contributed by atoms with Crippen LogP contribution in [0.1, 0.15) is 32.8 Å². The van der Waals surface area contributed by atoms with Crippen LogP contribution in [0, 0.1) is 0 Å². The number of hydrogen-bond donors (Lipinski definition) is 2. The molecule has 1 aromatic heterocycles. The number of aromatic amines is 1. The molecule has 0 aliphatic carbocycles. The zero-order valence-electron chi connectivity index (χ0n) is 13.5. The molecule has 2 heterocycles. The molecule has 5 nitrogen and oxygen atoms in total. The second-order valence-electron chi connectivity index (χ2n) is 6.38. The molecule has 1 aliphatic heterocycles. The maximum Gasteiger partial charge on any atom is 0.412 e. The number of hydrogen-bond acceptors (Lipinski definition) is 3. The molecule has 0 unspecified atom stereocenters. The Kier molecular flexibility index (Phi) is 3.81. The van der Waals surface area contributed by atoms with E-state index in [0.717, 1.165) is 16.5 Å². The molecule has 0 radical (unpaired) electrons. The highest BCUT2D eigenvalue weighted by molar-refractivity contribution is 6.31. The van der Waals surface area contributed by atoms with Gasteiger partial charge in [0.1, 0.15) is 0 Å². The van der Waals surface area contributed by atoms with E-state index in [2.05, 4.69) is 4.98 Å². The summed E-state index contributed by atoms with van der Waals surface area (Å²) in [6.45, 7) is 5.66. The number of ether oxygens (including phenoxy) is 1. The summed E-state index contributed by atoms with van der Waals surface area (Å²) in [5.41, 5.74) is -0.175. The normalized spacial score (nSPS) is 27.7. The van der Waals surface area contributed by atoms with E-state index in [1.807, 2.05) is 31.3 Å². The van der Waals surface area contributed by atoms with Crippen LogP contribution in [0.15, 0.2) is 24.4 Å². The van der Waals surface area contributed by atoms with Gasteiger partial charge in [0.2, 0.25) is 0 Å². The van der Waals surface area contributed by atoms with Crippen LogP contribution in [0.5, 0.6) is 0 Å². The van der Waals surface area contributed by atoms with Crippen LogP contribution in [-0.2, 0) is 11.2 Å². The molecule has 2 aromatic rings. The molecule has 1 amide bonds. The molecule has 1 fully saturated rings. The van der Waals surface area contributed by atoms with Gasteiger partial charge in [-0.25, -0.2) is 4.79 Å². The smallest absolute Gasteiger partial charge is 0.412 e. The Morgan fingerprint density at radius 3 is 2.78 bits per heavy atom. The average molecular weight is 337 g/mol. The van der Waals surface area contributed by atoms with E-state index in [0.29, 0.717) is 24.4 Å². The van der Waals surface area contributed by atoms with E-state index in [4.69, 9.17) is 16.3 Å². The zero-order valence-corrected chi connectivity index (χ0v) is 14.3. The molecular weight excluding hydrogens is 316 g/mol. The van der Waals surface area contributed by atoms with Crippen molar-refractivity contribution in [1.82, 2.24) is 9.88 Å². The average Bonchev–Trinajstić information content (AvgIpc) is 2.95. The third-order valence-corrected chi connectivity index (χ3v) is 5.30. The summed E-state index contributed by atoms with van der Waals surface area (Å²) < 4.78 is 5.41. The Morgan fingerprint density at radius 2 is 2.13 bits per heavy atom. The summed E-state index contributed by atoms with van der Waals surface area (Å²) in [4.78, 5) is 16.8. The van der Waals surface area contributed by atoms with Crippen molar-refractivity contribution >= 4 is 28.6 Å². The van der Waals surface area contributed by atoms with E-state index in [1.54, 1.807) is 13.8 Å². The van der Waals surface area contributed by atoms with Gasteiger partial charge in [-0.1, -0.05) is 18.5 Å². The number of fused-ring (bicyclic) bond motifs is 1. The fraction of sp³-hybridized carbons (Fsp3) is 0.471. The van der Waals surface area contributed by atoms with Gasteiger partial charge in [-0.05, 0) is 50.5 Å². The highest BCUT2D eigenvalue weighted by Gasteiger charge is 2.57. The summed E-state index contributed by atoms with van der Waals surface area (Å²) in [6, 6.07) is 5.66. The number of H-pyrrole nitrogens is 1. The van der Waals surface area contributed by atoms with Crippen LogP contribution in [0.3, 0.4) is 0 Å². The van der Waals surface area contributed by atoms with Crippen molar-refractivity contribution in [1.29, 1.82) is 0 Å². The second-order valence-corrected chi connectivity index (χ2v) is 6.82. The van der Waals surface area contributed by atoms with Crippen LogP contribution < -0.4 is 0 Å². The minimum absolute atomic E-state index is 0.376. The molecule has 0 bridgehead atoms. The van der Waals surface area contributed by atoms with Crippen LogP contribution in [0.25, 0.3) is 10.9 Å². The van der Waals surface area contributed by atoms with E-state index >= 15 is 0 Å². The van der Waals surface area contributed by atoms with E-state index in [-0.39, 0.29) is 0 Å². The lowest BCUT2D eigenvalue weighted by Crippen LogP contribution is -2.55. The third-order valence-electron chi connectivity index (χ3n) is 5.07. The Hall–Kier alpha value is -1.72. The topological polar surface area (TPSA) is 65.6 Å². The number of rotatable bonds is 4. The number of benzene rings is 1. The summed E-state index contributed by atoms with van der Waals surface area (Å²) >= 11 is 6.06. The first-order chi connectivity index (χ1) is 10.8. The molecule has 1 aromatic carbocycles. The number of halogens is 1. The van der Waals surface area contributed by atoms with Crippen LogP contribution in [0.4, 0.5) is 4.79 Å². The zero-order chi connectivity index (χ0) is 16.8. The fourth-order valence-corrected chi connectivity index (χ4v) is 3.29. The molecule has 1 aliphatic rings. The summed E-state index contributed by atoms with van der Waals surface area (Å²) in [5.74, 6) is 0. The summed E-state index contributed by atoms with van der Waals surface area (Å²) in [7, 11) is 0. The van der Waals surface area contributed by atoms with Gasteiger partial charge in [0, 0.05) is 28.7 Å². The monoisotopic (exact) mass is 336 g/mol. The van der Waals surface area contributed by atoms with Crippen molar-refractivity contribution in [3.63, 3.8) is 0 Å². The molecule has 0 saturated carbocycles. The maximum absolute atomic E-state index is 12.2. The number of carbonyl (C=O) groups is 1. The lowest BCUT2D eigenvalue weighted by atomic mass is 9.90. The van der Waals surface area contributed by atoms with Crippen molar-refractivity contribution in [2.45, 2.75) is 44.9 Å². The molecule has 1 saturated heterocycles. The molecule has 3 rings (SSSR count). The first-order valence-corrected chi connectivity index (χ1v) is 8.15. The Balaban J connectivity index is 1.82. The summed E-state index contributed by atoms with van der Waals surface area (Å²) in [6.07, 6.45) is 2.59. The van der Waals surface area contributed by atoms with Crippen LogP contribution in [-0.4, -0.2) is 39.0 Å². The number of cyclic esters (lactones) is 1. The predicted molar refractivity (Wildman–Crippen MR) is 89.5 cm³/mol. The van der Waals surface area contributed by atoms with E-state index in [1.165, 1.54) is 4.90 Å². The van der Waals surface area contributed by atoms with Crippen LogP contribution in [0.2, 0.25) is 5.02 Å². The SMILES string of the molecule is CC[C@]1(C)OC(=O)N(CCc2c[nH]c3ccc(Cl)cc23)[C@]1(C)O. The molecule has 124 valence electrons. The van der Waals surface area contributed by atoms with Gasteiger partial charge in [0.15, 0.2) is 11.3 Å². The molecule has 23 heavy (non-hydrogen) atoms. The van der Waals surface area contributed by atoms with Crippen molar-refractivity contribution in [2.24, 2.45) is 0 Å². The van der Waals surface area contributed by atoms with Crippen molar-refractivity contribution in [3.05, 3.63) is 35.0 Å². The van der Waals surface area contributed by atoms with Gasteiger partial charge in [-0.3, -0.25) is 4.90 Å². The lowest BCUT2D eigenvalue weighted by Gasteiger charge is -2.36. The standard InChI is InChI=1S/C17H21ClN2O3/c1-4-16(2)17(3,22)20(15(21)23-16)8-7-11-10-19-14-6-5-12(18)9-13(11)14/h5-6,9-10,19,22H,4,7-8H2,1-3H3/t16-,17+/m0/s1. The Morgan fingerprint density at radius 1 is 1.39 bits per heavy atom. The van der Waals surface area contributed by atoms with E-state index < -0.39 is 17.4 Å². The van der Waals surface area contributed by atoms with Crippen molar-refractivity contribution in [3.8, 4) is 0 Å². The van der Waals surface area contributed by atoms with Gasteiger partial charge < -0.3 is 14.8 Å². The number of aromatic nitrogens is 1. The Bertz CT molecular complexity index is 755. The molecule has 2 atom stereocenters. The van der Waals surface area contributed by atoms with Gasteiger partial charge in [-0.15, -0.1) is 0 Å². The van der Waals surface area contributed by atoms with Gasteiger partial charge in [0.05, 0.1) is 0 Å². The summed E-state index contributed by atoms with van der Waals surface area (Å²) in [5, 5.41) is 12.5. The van der Waals surface area contributed by atoms with Gasteiger partial charge in [-0.2, -0.15) is 0 Å². The fourth-order valence-electron chi connectivity index (χ4n) is 3.11. The Labute approximate surface area is 140 Å². The van der Waals surface area contributed by atoms with Crippen molar-refractivity contribution in [2.75, 3.05) is 6.54 Å². The lowest BCUT2D eigenvalue weighted by molar-refractivity contribution is -0.137. The highest BCUT2D eigenvalue weighted by Crippen LogP contribution is 2.39. The predicted octanol–water partition coefficient (Wildman–Crippen LogP) is 3.69. The highest BCUT2D eigenvalue weighted by atomic mass is 35.5. The number of aliphatic hydroxyl groups is 1. The second kappa shape index (κ2) is 5.42. The molecular formula is C17H21ClN2O3. The minimum atomic E-state index is -1.33. The van der Waals surface area contributed by atoms with Crippen LogP contribution >= 0.6 is 11.6 Å². The molecule has 2 N–H and O–H groups in total.